The van der Waals surface area contributed by atoms with Crippen molar-refractivity contribution in [3.05, 3.63) is 87.5 Å². The van der Waals surface area contributed by atoms with E-state index in [4.69, 9.17) is 0 Å². The third kappa shape index (κ3) is 5.68. The number of quaternary nitrogens is 1. The Morgan fingerprint density at radius 1 is 1.15 bits per heavy atom. The van der Waals surface area contributed by atoms with Crippen LogP contribution in [0.4, 0.5) is 15.8 Å². The highest BCUT2D eigenvalue weighted by atomic mass is 32.1. The van der Waals surface area contributed by atoms with Gasteiger partial charge in [-0.25, -0.2) is 9.60 Å². The molecule has 0 spiro atoms. The summed E-state index contributed by atoms with van der Waals surface area (Å²) in [5, 5.41) is 24.9. The lowest BCUT2D eigenvalue weighted by Gasteiger charge is -2.32. The standard InChI is InChI=1S/C25H26FN3O4S/c26-18-7-4-10-20(15-18)28(23(30)16-22-12-5-13-34-22)24(25(31)27-19-8-1-2-9-19)17-6-3-11-21(14-17)29(32)33/h3-7,10-15,19,24,29,32H,1-2,8-9,16H2,(H,27,31). The lowest BCUT2D eigenvalue weighted by atomic mass is 10.0. The molecule has 1 fully saturated rings. The number of rotatable bonds is 8. The second-order valence-electron chi connectivity index (χ2n) is 8.32. The van der Waals surface area contributed by atoms with Gasteiger partial charge >= 0.3 is 0 Å². The van der Waals surface area contributed by atoms with Crippen molar-refractivity contribution in [1.29, 1.82) is 0 Å². The Bertz CT molecular complexity index is 1130. The van der Waals surface area contributed by atoms with Crippen LogP contribution in [0.15, 0.2) is 66.0 Å². The largest absolute Gasteiger partial charge is 0.595 e. The van der Waals surface area contributed by atoms with Crippen molar-refractivity contribution >= 4 is 34.5 Å². The second-order valence-corrected chi connectivity index (χ2v) is 9.36. The van der Waals surface area contributed by atoms with Gasteiger partial charge in [0.25, 0.3) is 0 Å². The Morgan fingerprint density at radius 3 is 2.59 bits per heavy atom. The zero-order valence-corrected chi connectivity index (χ0v) is 19.3. The van der Waals surface area contributed by atoms with Gasteiger partial charge in [0.05, 0.1) is 6.42 Å². The Labute approximate surface area is 201 Å². The molecule has 178 valence electrons. The molecule has 4 rings (SSSR count). The van der Waals surface area contributed by atoms with E-state index in [1.165, 1.54) is 46.6 Å². The van der Waals surface area contributed by atoms with Crippen LogP contribution in [0.3, 0.4) is 0 Å². The van der Waals surface area contributed by atoms with Crippen LogP contribution in [0.5, 0.6) is 0 Å². The lowest BCUT2D eigenvalue weighted by Crippen LogP contribution is -2.99. The molecule has 0 radical (unpaired) electrons. The van der Waals surface area contributed by atoms with E-state index in [1.807, 2.05) is 17.5 Å². The molecule has 9 heteroatoms. The molecule has 1 saturated carbocycles. The van der Waals surface area contributed by atoms with Gasteiger partial charge in [-0.1, -0.05) is 37.1 Å². The number of carbonyl (C=O) groups is 2. The summed E-state index contributed by atoms with van der Waals surface area (Å²) in [7, 11) is 0. The number of carbonyl (C=O) groups excluding carboxylic acids is 2. The van der Waals surface area contributed by atoms with Crippen LogP contribution < -0.4 is 15.4 Å². The lowest BCUT2D eigenvalue weighted by molar-refractivity contribution is -0.991. The van der Waals surface area contributed by atoms with Crippen molar-refractivity contribution in [1.82, 2.24) is 5.32 Å². The van der Waals surface area contributed by atoms with E-state index in [0.717, 1.165) is 30.6 Å². The molecule has 2 amide bonds. The topological polar surface area (TPSA) is 97.1 Å². The smallest absolute Gasteiger partial charge is 0.248 e. The second kappa shape index (κ2) is 10.9. The average molecular weight is 484 g/mol. The molecule has 1 aromatic heterocycles. The highest BCUT2D eigenvalue weighted by Crippen LogP contribution is 2.31. The van der Waals surface area contributed by atoms with Gasteiger partial charge in [-0.05, 0) is 48.1 Å². The van der Waals surface area contributed by atoms with Gasteiger partial charge in [-0.15, -0.1) is 11.3 Å². The van der Waals surface area contributed by atoms with Crippen molar-refractivity contribution in [3.63, 3.8) is 0 Å². The van der Waals surface area contributed by atoms with Crippen LogP contribution >= 0.6 is 11.3 Å². The number of amides is 2. The zero-order valence-electron chi connectivity index (χ0n) is 18.4. The molecule has 1 aliphatic rings. The van der Waals surface area contributed by atoms with Crippen molar-refractivity contribution in [2.75, 3.05) is 4.90 Å². The molecule has 34 heavy (non-hydrogen) atoms. The number of anilines is 1. The van der Waals surface area contributed by atoms with Crippen molar-refractivity contribution in [2.45, 2.75) is 44.2 Å². The maximum absolute atomic E-state index is 14.2. The molecule has 2 atom stereocenters. The minimum atomic E-state index is -1.16. The number of halogens is 1. The fourth-order valence-electron chi connectivity index (χ4n) is 4.32. The van der Waals surface area contributed by atoms with Crippen molar-refractivity contribution in [3.8, 4) is 0 Å². The SMILES string of the molecule is O=C(NC1CCCC1)C(c1cccc([NH+]([O-])O)c1)N(C(=O)Cc1cccs1)c1cccc(F)c1. The van der Waals surface area contributed by atoms with E-state index >= 15 is 0 Å². The molecule has 2 unspecified atom stereocenters. The third-order valence-corrected chi connectivity index (χ3v) is 6.79. The quantitative estimate of drug-likeness (QED) is 0.426. The first-order valence-corrected chi connectivity index (χ1v) is 12.0. The summed E-state index contributed by atoms with van der Waals surface area (Å²) in [5.74, 6) is -1.35. The minimum absolute atomic E-state index is 0.000986. The predicted octanol–water partition coefficient (Wildman–Crippen LogP) is 3.67. The maximum Gasteiger partial charge on any atom is 0.248 e. The normalized spacial score (nSPS) is 15.6. The molecular weight excluding hydrogens is 457 g/mol. The summed E-state index contributed by atoms with van der Waals surface area (Å²) >= 11 is 1.42. The van der Waals surface area contributed by atoms with E-state index in [0.29, 0.717) is 5.56 Å². The van der Waals surface area contributed by atoms with Gasteiger partial charge in [0, 0.05) is 28.7 Å². The summed E-state index contributed by atoms with van der Waals surface area (Å²) in [5.41, 5.74) is 0.578. The Balaban J connectivity index is 1.79. The first kappa shape index (κ1) is 24.0. The van der Waals surface area contributed by atoms with Crippen LogP contribution in [0, 0.1) is 11.0 Å². The molecule has 1 heterocycles. The van der Waals surface area contributed by atoms with Gasteiger partial charge < -0.3 is 10.5 Å². The van der Waals surface area contributed by atoms with Gasteiger partial charge in [-0.3, -0.25) is 14.5 Å². The summed E-state index contributed by atoms with van der Waals surface area (Å²) in [6.07, 6.45) is 3.73. The number of thiophene rings is 1. The highest BCUT2D eigenvalue weighted by molar-refractivity contribution is 7.10. The number of benzene rings is 2. The molecule has 3 N–H and O–H groups in total. The Kier molecular flexibility index (Phi) is 7.69. The molecule has 1 aliphatic carbocycles. The van der Waals surface area contributed by atoms with Crippen LogP contribution in [-0.2, 0) is 16.0 Å². The fourth-order valence-corrected chi connectivity index (χ4v) is 5.02. The zero-order chi connectivity index (χ0) is 24.1. The molecule has 0 aliphatic heterocycles. The average Bonchev–Trinajstić information content (AvgIpc) is 3.51. The number of hydrogen-bond acceptors (Lipinski definition) is 5. The first-order chi connectivity index (χ1) is 16.4. The third-order valence-electron chi connectivity index (χ3n) is 5.92. The van der Waals surface area contributed by atoms with Gasteiger partial charge in [-0.2, -0.15) is 5.23 Å². The molecule has 2 aromatic carbocycles. The first-order valence-electron chi connectivity index (χ1n) is 11.2. The molecule has 0 bridgehead atoms. The predicted molar refractivity (Wildman–Crippen MR) is 127 cm³/mol. The van der Waals surface area contributed by atoms with Crippen molar-refractivity contribution < 1.29 is 24.4 Å². The molecule has 0 saturated heterocycles. The number of nitrogens with zero attached hydrogens (tertiary/aromatic N) is 1. The van der Waals surface area contributed by atoms with Gasteiger partial charge in [0.1, 0.15) is 11.9 Å². The molecular formula is C25H26FN3O4S. The van der Waals surface area contributed by atoms with Crippen molar-refractivity contribution in [2.24, 2.45) is 0 Å². The Morgan fingerprint density at radius 2 is 1.91 bits per heavy atom. The highest BCUT2D eigenvalue weighted by Gasteiger charge is 2.35. The minimum Gasteiger partial charge on any atom is -0.595 e. The van der Waals surface area contributed by atoms with Crippen LogP contribution in [0.25, 0.3) is 0 Å². The summed E-state index contributed by atoms with van der Waals surface area (Å²) in [6, 6.07) is 14.0. The molecule has 7 nitrogen and oxygen atoms in total. The monoisotopic (exact) mass is 483 g/mol. The number of hydrogen-bond donors (Lipinski definition) is 3. The van der Waals surface area contributed by atoms with Crippen LogP contribution in [0.2, 0.25) is 0 Å². The van der Waals surface area contributed by atoms with Crippen LogP contribution in [-0.4, -0.2) is 23.1 Å². The van der Waals surface area contributed by atoms with E-state index in [-0.39, 0.29) is 29.7 Å². The van der Waals surface area contributed by atoms with E-state index in [1.54, 1.807) is 18.2 Å². The summed E-state index contributed by atoms with van der Waals surface area (Å²) in [4.78, 5) is 29.3. The maximum atomic E-state index is 14.2. The summed E-state index contributed by atoms with van der Waals surface area (Å²) in [6.45, 7) is 0. The van der Waals surface area contributed by atoms with Gasteiger partial charge in [0.15, 0.2) is 5.69 Å². The van der Waals surface area contributed by atoms with E-state index in [9.17, 15) is 24.4 Å². The van der Waals surface area contributed by atoms with Gasteiger partial charge in [0.2, 0.25) is 11.8 Å². The van der Waals surface area contributed by atoms with E-state index < -0.39 is 23.0 Å². The molecule has 3 aromatic rings. The summed E-state index contributed by atoms with van der Waals surface area (Å²) < 4.78 is 14.2. The Hall–Kier alpha value is -3.11. The van der Waals surface area contributed by atoms with Crippen LogP contribution in [0.1, 0.15) is 42.2 Å². The number of nitrogens with one attached hydrogen (secondary N) is 2. The fraction of sp³-hybridized carbons (Fsp3) is 0.280. The van der Waals surface area contributed by atoms with E-state index in [2.05, 4.69) is 5.32 Å².